The molecule has 1 N–H and O–H groups in total. The lowest BCUT2D eigenvalue weighted by molar-refractivity contribution is -0.140. The van der Waals surface area contributed by atoms with Crippen LogP contribution >= 0.6 is 0 Å². The molecule has 0 spiro atoms. The molecule has 1 aliphatic rings. The van der Waals surface area contributed by atoms with Gasteiger partial charge in [-0.05, 0) is 29.7 Å². The first-order chi connectivity index (χ1) is 14.9. The lowest BCUT2D eigenvalue weighted by Gasteiger charge is -2.25. The zero-order valence-corrected chi connectivity index (χ0v) is 17.8. The van der Waals surface area contributed by atoms with Crippen LogP contribution in [0, 0.1) is 0 Å². The molecule has 2 aromatic rings. The molecule has 1 heterocycles. The zero-order chi connectivity index (χ0) is 22.5. The highest BCUT2D eigenvalue weighted by molar-refractivity contribution is 6.46. The summed E-state index contributed by atoms with van der Waals surface area (Å²) in [6, 6.07) is 12.9. The Balaban J connectivity index is 2.13. The van der Waals surface area contributed by atoms with E-state index in [2.05, 4.69) is 0 Å². The third kappa shape index (κ3) is 4.67. The molecule has 31 heavy (non-hydrogen) atoms. The summed E-state index contributed by atoms with van der Waals surface area (Å²) >= 11 is 0. The standard InChI is InChI=1S/C24H25NO6/c1-4-16-8-10-17(11-9-16)22(27)20-21(25(12-13-30-3)24(29)23(20)28)18-6-5-7-19(14-18)31-15(2)26/h5-11,14,21,27H,4,12-13H2,1-3H3/b22-20-. The number of rotatable bonds is 7. The van der Waals surface area contributed by atoms with Crippen LogP contribution in [0.25, 0.3) is 5.76 Å². The fourth-order valence-electron chi connectivity index (χ4n) is 3.61. The van der Waals surface area contributed by atoms with Crippen LogP contribution in [-0.4, -0.2) is 47.9 Å². The van der Waals surface area contributed by atoms with Gasteiger partial charge in [-0.1, -0.05) is 43.3 Å². The predicted octanol–water partition coefficient (Wildman–Crippen LogP) is 3.24. The molecular formula is C24H25NO6. The van der Waals surface area contributed by atoms with Crippen LogP contribution in [0.2, 0.25) is 0 Å². The lowest BCUT2D eigenvalue weighted by atomic mass is 9.94. The van der Waals surface area contributed by atoms with Gasteiger partial charge in [0, 0.05) is 26.1 Å². The number of benzene rings is 2. The van der Waals surface area contributed by atoms with Crippen molar-refractivity contribution in [1.82, 2.24) is 4.90 Å². The number of ether oxygens (including phenoxy) is 2. The minimum absolute atomic E-state index is 0.00896. The first kappa shape index (κ1) is 22.2. The van der Waals surface area contributed by atoms with Gasteiger partial charge in [-0.15, -0.1) is 0 Å². The van der Waals surface area contributed by atoms with Crippen LogP contribution in [0.15, 0.2) is 54.1 Å². The highest BCUT2D eigenvalue weighted by Gasteiger charge is 2.46. The molecule has 3 rings (SSSR count). The van der Waals surface area contributed by atoms with Gasteiger partial charge in [-0.3, -0.25) is 14.4 Å². The highest BCUT2D eigenvalue weighted by atomic mass is 16.5. The van der Waals surface area contributed by atoms with Gasteiger partial charge in [0.2, 0.25) is 0 Å². The fraction of sp³-hybridized carbons (Fsp3) is 0.292. The minimum Gasteiger partial charge on any atom is -0.507 e. The van der Waals surface area contributed by atoms with E-state index in [9.17, 15) is 19.5 Å². The number of hydrogen-bond acceptors (Lipinski definition) is 6. The summed E-state index contributed by atoms with van der Waals surface area (Å²) in [5, 5.41) is 11.0. The number of Topliss-reactive ketones (excluding diaryl/α,β-unsaturated/α-hetero) is 1. The van der Waals surface area contributed by atoms with Crippen LogP contribution in [0.3, 0.4) is 0 Å². The van der Waals surface area contributed by atoms with Crippen LogP contribution in [-0.2, 0) is 25.5 Å². The first-order valence-corrected chi connectivity index (χ1v) is 10.0. The van der Waals surface area contributed by atoms with Crippen molar-refractivity contribution in [3.8, 4) is 5.75 Å². The molecule has 162 valence electrons. The van der Waals surface area contributed by atoms with Gasteiger partial charge < -0.3 is 19.5 Å². The Morgan fingerprint density at radius 3 is 2.45 bits per heavy atom. The molecule has 1 atom stereocenters. The summed E-state index contributed by atoms with van der Waals surface area (Å²) in [5.74, 6) is -1.93. The van der Waals surface area contributed by atoms with Crippen molar-refractivity contribution < 1.29 is 29.0 Å². The number of carbonyl (C=O) groups excluding carboxylic acids is 3. The van der Waals surface area contributed by atoms with Crippen LogP contribution < -0.4 is 4.74 Å². The third-order valence-electron chi connectivity index (χ3n) is 5.15. The molecule has 1 unspecified atom stereocenters. The highest BCUT2D eigenvalue weighted by Crippen LogP contribution is 2.40. The Bertz CT molecular complexity index is 1020. The number of nitrogens with zero attached hydrogens (tertiary/aromatic N) is 1. The van der Waals surface area contributed by atoms with E-state index in [4.69, 9.17) is 9.47 Å². The first-order valence-electron chi connectivity index (χ1n) is 10.0. The topological polar surface area (TPSA) is 93.1 Å². The number of aliphatic hydroxyl groups excluding tert-OH is 1. The Labute approximate surface area is 180 Å². The summed E-state index contributed by atoms with van der Waals surface area (Å²) in [5.41, 5.74) is 2.07. The van der Waals surface area contributed by atoms with Gasteiger partial charge >= 0.3 is 5.97 Å². The third-order valence-corrected chi connectivity index (χ3v) is 5.15. The van der Waals surface area contributed by atoms with Crippen LogP contribution in [0.1, 0.15) is 36.6 Å². The second kappa shape index (κ2) is 9.57. The number of aliphatic hydroxyl groups is 1. The molecule has 1 amide bonds. The van der Waals surface area contributed by atoms with Gasteiger partial charge in [0.25, 0.3) is 11.7 Å². The molecule has 1 aliphatic heterocycles. The molecule has 2 aromatic carbocycles. The fourth-order valence-corrected chi connectivity index (χ4v) is 3.61. The smallest absolute Gasteiger partial charge is 0.308 e. The van der Waals surface area contributed by atoms with Crippen molar-refractivity contribution in [2.75, 3.05) is 20.3 Å². The Morgan fingerprint density at radius 1 is 1.13 bits per heavy atom. The summed E-state index contributed by atoms with van der Waals surface area (Å²) < 4.78 is 10.3. The molecule has 0 saturated carbocycles. The minimum atomic E-state index is -0.837. The number of aryl methyl sites for hydroxylation is 1. The average molecular weight is 423 g/mol. The van der Waals surface area contributed by atoms with Crippen LogP contribution in [0.5, 0.6) is 5.75 Å². The number of esters is 1. The number of methoxy groups -OCH3 is 1. The van der Waals surface area contributed by atoms with Crippen molar-refractivity contribution in [3.63, 3.8) is 0 Å². The Kier molecular flexibility index (Phi) is 6.87. The van der Waals surface area contributed by atoms with E-state index < -0.39 is 23.7 Å². The van der Waals surface area contributed by atoms with E-state index in [0.29, 0.717) is 11.1 Å². The molecule has 1 fully saturated rings. The average Bonchev–Trinajstić information content (AvgIpc) is 3.01. The molecule has 7 heteroatoms. The predicted molar refractivity (Wildman–Crippen MR) is 114 cm³/mol. The summed E-state index contributed by atoms with van der Waals surface area (Å²) in [7, 11) is 1.50. The van der Waals surface area contributed by atoms with Gasteiger partial charge in [-0.25, -0.2) is 0 Å². The van der Waals surface area contributed by atoms with E-state index >= 15 is 0 Å². The lowest BCUT2D eigenvalue weighted by Crippen LogP contribution is -2.32. The summed E-state index contributed by atoms with van der Waals surface area (Å²) in [4.78, 5) is 38.4. The van der Waals surface area contributed by atoms with Crippen molar-refractivity contribution in [1.29, 1.82) is 0 Å². The van der Waals surface area contributed by atoms with Crippen molar-refractivity contribution in [2.24, 2.45) is 0 Å². The van der Waals surface area contributed by atoms with E-state index in [0.717, 1.165) is 12.0 Å². The molecule has 1 saturated heterocycles. The van der Waals surface area contributed by atoms with Crippen molar-refractivity contribution in [3.05, 3.63) is 70.8 Å². The largest absolute Gasteiger partial charge is 0.507 e. The van der Waals surface area contributed by atoms with E-state index in [1.54, 1.807) is 36.4 Å². The quantitative estimate of drug-likeness (QED) is 0.242. The maximum absolute atomic E-state index is 12.9. The molecule has 0 aliphatic carbocycles. The monoisotopic (exact) mass is 423 g/mol. The SMILES string of the molecule is CCc1ccc(/C(O)=C2/C(=O)C(=O)N(CCOC)C2c2cccc(OC(C)=O)c2)cc1. The van der Waals surface area contributed by atoms with E-state index in [1.807, 2.05) is 19.1 Å². The normalized spacial score (nSPS) is 17.8. The van der Waals surface area contributed by atoms with E-state index in [1.165, 1.54) is 18.9 Å². The van der Waals surface area contributed by atoms with Crippen LogP contribution in [0.4, 0.5) is 0 Å². The summed E-state index contributed by atoms with van der Waals surface area (Å²) in [6.45, 7) is 3.69. The second-order valence-corrected chi connectivity index (χ2v) is 7.20. The molecule has 0 bridgehead atoms. The van der Waals surface area contributed by atoms with Gasteiger partial charge in [0.1, 0.15) is 11.5 Å². The summed E-state index contributed by atoms with van der Waals surface area (Å²) in [6.07, 6.45) is 0.839. The number of likely N-dealkylation sites (tertiary alicyclic amines) is 1. The van der Waals surface area contributed by atoms with Gasteiger partial charge in [-0.2, -0.15) is 0 Å². The number of amides is 1. The maximum Gasteiger partial charge on any atom is 0.308 e. The Hall–Kier alpha value is -3.45. The van der Waals surface area contributed by atoms with Gasteiger partial charge in [0.05, 0.1) is 18.2 Å². The number of ketones is 1. The number of hydrogen-bond donors (Lipinski definition) is 1. The zero-order valence-electron chi connectivity index (χ0n) is 17.8. The maximum atomic E-state index is 12.9. The second-order valence-electron chi connectivity index (χ2n) is 7.20. The Morgan fingerprint density at radius 2 is 1.84 bits per heavy atom. The molecule has 0 aromatic heterocycles. The molecule has 0 radical (unpaired) electrons. The van der Waals surface area contributed by atoms with E-state index in [-0.39, 0.29) is 30.2 Å². The molecular weight excluding hydrogens is 398 g/mol. The molecule has 7 nitrogen and oxygen atoms in total. The van der Waals surface area contributed by atoms with Crippen molar-refractivity contribution >= 4 is 23.4 Å². The number of carbonyl (C=O) groups is 3. The van der Waals surface area contributed by atoms with Crippen molar-refractivity contribution in [2.45, 2.75) is 26.3 Å². The van der Waals surface area contributed by atoms with Gasteiger partial charge in [0.15, 0.2) is 0 Å².